The summed E-state index contributed by atoms with van der Waals surface area (Å²) in [6.45, 7) is 11.2. The van der Waals surface area contributed by atoms with Gasteiger partial charge >= 0.3 is 0 Å². The monoisotopic (exact) mass is 376 g/mol. The summed E-state index contributed by atoms with van der Waals surface area (Å²) < 4.78 is 0. The third kappa shape index (κ3) is 20.0. The minimum atomic E-state index is 0.934. The summed E-state index contributed by atoms with van der Waals surface area (Å²) in [6, 6.07) is 0. The molecule has 1 unspecified atom stereocenters. The Morgan fingerprint density at radius 3 is 1.74 bits per heavy atom. The number of rotatable bonds is 21. The molecule has 0 heterocycles. The Balaban J connectivity index is 3.29. The van der Waals surface area contributed by atoms with Gasteiger partial charge in [0.2, 0.25) is 0 Å². The zero-order valence-corrected chi connectivity index (χ0v) is 19.4. The first-order valence-electron chi connectivity index (χ1n) is 12.6. The van der Waals surface area contributed by atoms with E-state index < -0.39 is 0 Å². The minimum absolute atomic E-state index is 0.934. The quantitative estimate of drug-likeness (QED) is 0.138. The van der Waals surface area contributed by atoms with Gasteiger partial charge in [0.1, 0.15) is 0 Å². The molecule has 0 amide bonds. The third-order valence-corrected chi connectivity index (χ3v) is 5.97. The highest BCUT2D eigenvalue weighted by molar-refractivity contribution is 4.94. The fraction of sp³-hybridized carbons (Fsp3) is 0.852. The van der Waals surface area contributed by atoms with Gasteiger partial charge in [-0.15, -0.1) is 0 Å². The van der Waals surface area contributed by atoms with Gasteiger partial charge in [0.15, 0.2) is 0 Å². The maximum Gasteiger partial charge on any atom is -0.0320 e. The highest BCUT2D eigenvalue weighted by Gasteiger charge is 2.05. The molecule has 0 bridgehead atoms. The maximum absolute atomic E-state index is 4.32. The van der Waals surface area contributed by atoms with Crippen LogP contribution < -0.4 is 0 Å². The molecule has 0 aromatic carbocycles. The Kier molecular flexibility index (Phi) is 21.4. The summed E-state index contributed by atoms with van der Waals surface area (Å²) in [7, 11) is 0. The zero-order chi connectivity index (χ0) is 20.0. The lowest BCUT2D eigenvalue weighted by atomic mass is 9.92. The van der Waals surface area contributed by atoms with E-state index in [1.165, 1.54) is 128 Å². The Labute approximate surface area is 173 Å². The molecule has 0 N–H and O–H groups in total. The molecule has 0 saturated carbocycles. The van der Waals surface area contributed by atoms with Crippen LogP contribution in [0.2, 0.25) is 0 Å². The summed E-state index contributed by atoms with van der Waals surface area (Å²) in [5.41, 5.74) is 1.51. The van der Waals surface area contributed by atoms with Gasteiger partial charge in [-0.1, -0.05) is 116 Å². The van der Waals surface area contributed by atoms with Crippen molar-refractivity contribution in [1.82, 2.24) is 0 Å². The van der Waals surface area contributed by atoms with Crippen LogP contribution in [-0.2, 0) is 0 Å². The van der Waals surface area contributed by atoms with Crippen LogP contribution in [0.5, 0.6) is 0 Å². The fourth-order valence-corrected chi connectivity index (χ4v) is 3.94. The van der Waals surface area contributed by atoms with Crippen LogP contribution in [0.3, 0.4) is 0 Å². The lowest BCUT2D eigenvalue weighted by molar-refractivity contribution is 0.429. The molecular formula is C27H52. The largest absolute Gasteiger partial charge is 0.0999 e. The topological polar surface area (TPSA) is 0 Å². The van der Waals surface area contributed by atoms with Crippen LogP contribution in [0.1, 0.15) is 143 Å². The van der Waals surface area contributed by atoms with Crippen LogP contribution in [0.4, 0.5) is 0 Å². The highest BCUT2D eigenvalue weighted by atomic mass is 14.1. The first-order valence-corrected chi connectivity index (χ1v) is 12.6. The third-order valence-electron chi connectivity index (χ3n) is 5.97. The van der Waals surface area contributed by atoms with E-state index in [2.05, 4.69) is 39.5 Å². The zero-order valence-electron chi connectivity index (χ0n) is 19.4. The Morgan fingerprint density at radius 2 is 1.19 bits per heavy atom. The van der Waals surface area contributed by atoms with Crippen molar-refractivity contribution in [1.29, 1.82) is 0 Å². The molecule has 0 fully saturated rings. The smallest absolute Gasteiger partial charge is 0.0320 e. The molecular weight excluding hydrogens is 324 g/mol. The molecule has 0 nitrogen and oxygen atoms in total. The van der Waals surface area contributed by atoms with E-state index in [1.54, 1.807) is 0 Å². The molecule has 160 valence electrons. The molecule has 0 radical (unpaired) electrons. The Bertz CT molecular complexity index is 325. The van der Waals surface area contributed by atoms with Crippen molar-refractivity contribution in [3.8, 4) is 0 Å². The molecule has 0 heteroatoms. The van der Waals surface area contributed by atoms with E-state index >= 15 is 0 Å². The second-order valence-electron chi connectivity index (χ2n) is 8.69. The number of hydrogen-bond acceptors (Lipinski definition) is 0. The minimum Gasteiger partial charge on any atom is -0.0999 e. The van der Waals surface area contributed by atoms with Crippen molar-refractivity contribution in [3.63, 3.8) is 0 Å². The van der Waals surface area contributed by atoms with Gasteiger partial charge in [0.25, 0.3) is 0 Å². The van der Waals surface area contributed by atoms with Gasteiger partial charge in [0, 0.05) is 0 Å². The first kappa shape index (κ1) is 26.5. The Hall–Kier alpha value is -0.520. The van der Waals surface area contributed by atoms with Crippen molar-refractivity contribution < 1.29 is 0 Å². The van der Waals surface area contributed by atoms with Gasteiger partial charge in [-0.25, -0.2) is 0 Å². The first-order chi connectivity index (χ1) is 13.2. The van der Waals surface area contributed by atoms with Gasteiger partial charge < -0.3 is 0 Å². The van der Waals surface area contributed by atoms with E-state index in [0.29, 0.717) is 0 Å². The van der Waals surface area contributed by atoms with Crippen molar-refractivity contribution >= 4 is 0 Å². The second-order valence-corrected chi connectivity index (χ2v) is 8.69. The average molecular weight is 377 g/mol. The van der Waals surface area contributed by atoms with Crippen LogP contribution in [-0.4, -0.2) is 0 Å². The van der Waals surface area contributed by atoms with Crippen molar-refractivity contribution in [2.45, 2.75) is 143 Å². The van der Waals surface area contributed by atoms with Crippen LogP contribution in [0.25, 0.3) is 0 Å². The molecule has 1 atom stereocenters. The molecule has 0 aromatic rings. The average Bonchev–Trinajstić information content (AvgIpc) is 2.68. The van der Waals surface area contributed by atoms with Crippen molar-refractivity contribution in [2.24, 2.45) is 5.92 Å². The van der Waals surface area contributed by atoms with E-state index in [1.807, 2.05) is 0 Å². The summed E-state index contributed by atoms with van der Waals surface area (Å²) in [4.78, 5) is 0. The van der Waals surface area contributed by atoms with E-state index in [-0.39, 0.29) is 0 Å². The van der Waals surface area contributed by atoms with Crippen LogP contribution in [0.15, 0.2) is 24.3 Å². The normalized spacial score (nSPS) is 12.7. The number of unbranched alkanes of at least 4 members (excludes halogenated alkanes) is 11. The van der Waals surface area contributed by atoms with Gasteiger partial charge in [-0.2, -0.15) is 0 Å². The second kappa shape index (κ2) is 21.8. The SMILES string of the molecule is C=C(CCCCCCCCCC/C=C\CCCCC)CCC(CC)CCC. The van der Waals surface area contributed by atoms with Crippen molar-refractivity contribution in [2.75, 3.05) is 0 Å². The van der Waals surface area contributed by atoms with E-state index in [0.717, 1.165) is 5.92 Å². The summed E-state index contributed by atoms with van der Waals surface area (Å²) in [5, 5.41) is 0. The molecule has 0 aromatic heterocycles. The van der Waals surface area contributed by atoms with Crippen LogP contribution in [0, 0.1) is 5.92 Å². The molecule has 0 aliphatic carbocycles. The summed E-state index contributed by atoms with van der Waals surface area (Å²) in [5.74, 6) is 0.934. The maximum atomic E-state index is 4.32. The van der Waals surface area contributed by atoms with Crippen molar-refractivity contribution in [3.05, 3.63) is 24.3 Å². The predicted octanol–water partition coefficient (Wildman–Crippen LogP) is 10.2. The Morgan fingerprint density at radius 1 is 0.630 bits per heavy atom. The summed E-state index contributed by atoms with van der Waals surface area (Å²) >= 11 is 0. The predicted molar refractivity (Wildman–Crippen MR) is 127 cm³/mol. The van der Waals surface area contributed by atoms with Gasteiger partial charge in [-0.05, 0) is 57.3 Å². The van der Waals surface area contributed by atoms with Gasteiger partial charge in [0.05, 0.1) is 0 Å². The fourth-order valence-electron chi connectivity index (χ4n) is 3.94. The number of allylic oxidation sites excluding steroid dienone is 3. The molecule has 0 aliphatic heterocycles. The lowest BCUT2D eigenvalue weighted by Gasteiger charge is -2.14. The molecule has 27 heavy (non-hydrogen) atoms. The van der Waals surface area contributed by atoms with Crippen LogP contribution >= 0.6 is 0 Å². The summed E-state index contributed by atoms with van der Waals surface area (Å²) in [6.07, 6.45) is 30.8. The van der Waals surface area contributed by atoms with E-state index in [9.17, 15) is 0 Å². The van der Waals surface area contributed by atoms with Gasteiger partial charge in [-0.3, -0.25) is 0 Å². The molecule has 0 spiro atoms. The number of hydrogen-bond donors (Lipinski definition) is 0. The standard InChI is InChI=1S/C27H52/c1-5-8-9-10-11-12-13-14-15-16-17-18-19-20-21-23-26(4)24-25-27(7-3)22-6-2/h11-12,27H,4-10,13-25H2,1-3H3/b12-11-. The lowest BCUT2D eigenvalue weighted by Crippen LogP contribution is -1.99. The molecule has 0 rings (SSSR count). The van der Waals surface area contributed by atoms with E-state index in [4.69, 9.17) is 0 Å². The molecule has 0 aliphatic rings. The molecule has 0 saturated heterocycles. The highest BCUT2D eigenvalue weighted by Crippen LogP contribution is 2.22.